The summed E-state index contributed by atoms with van der Waals surface area (Å²) in [6, 6.07) is 7.02. The van der Waals surface area contributed by atoms with Crippen LogP contribution in [0.3, 0.4) is 0 Å². The molecule has 1 aromatic carbocycles. The van der Waals surface area contributed by atoms with E-state index in [4.69, 9.17) is 0 Å². The van der Waals surface area contributed by atoms with Gasteiger partial charge in [0.2, 0.25) is 5.91 Å². The van der Waals surface area contributed by atoms with E-state index in [1.807, 2.05) is 12.1 Å². The van der Waals surface area contributed by atoms with E-state index < -0.39 is 0 Å². The molecule has 2 aliphatic rings. The highest BCUT2D eigenvalue weighted by molar-refractivity contribution is 5.85. The molecule has 1 saturated carbocycles. The fourth-order valence-electron chi connectivity index (χ4n) is 3.33. The summed E-state index contributed by atoms with van der Waals surface area (Å²) in [5.74, 6) is 0.759. The lowest BCUT2D eigenvalue weighted by Gasteiger charge is -2.34. The Morgan fingerprint density at radius 3 is 2.86 bits per heavy atom. The first-order valence-electron chi connectivity index (χ1n) is 8.11. The molecule has 1 aliphatic carbocycles. The van der Waals surface area contributed by atoms with Crippen molar-refractivity contribution in [3.63, 3.8) is 0 Å². The number of carbonyl (C=O) groups excluding carboxylic acids is 1. The molecule has 2 fully saturated rings. The zero-order valence-electron chi connectivity index (χ0n) is 12.8. The summed E-state index contributed by atoms with van der Waals surface area (Å²) in [4.78, 5) is 14.5. The van der Waals surface area contributed by atoms with Crippen molar-refractivity contribution in [3.05, 3.63) is 35.6 Å². The van der Waals surface area contributed by atoms with Crippen LogP contribution in [0.2, 0.25) is 0 Å². The molecular weight excluding hydrogens is 265 g/mol. The lowest BCUT2D eigenvalue weighted by Crippen LogP contribution is -2.43. The Kier molecular flexibility index (Phi) is 4.01. The number of halogens is 1. The van der Waals surface area contributed by atoms with Gasteiger partial charge < -0.3 is 4.90 Å². The standard InChI is InChI=1S/C18H24FNO/c1-18(10-11-18)17(21)20-12-4-5-14(13-20)8-9-15-6-2-3-7-16(15)19/h2-3,6-7,14H,4-5,8-13H2,1H3/t14-/m0/s1. The Morgan fingerprint density at radius 1 is 1.38 bits per heavy atom. The molecule has 0 aromatic heterocycles. The Balaban J connectivity index is 1.54. The van der Waals surface area contributed by atoms with Crippen molar-refractivity contribution < 1.29 is 9.18 Å². The normalized spacial score (nSPS) is 23.9. The van der Waals surface area contributed by atoms with E-state index in [2.05, 4.69) is 11.8 Å². The van der Waals surface area contributed by atoms with E-state index in [1.54, 1.807) is 6.07 Å². The monoisotopic (exact) mass is 289 g/mol. The van der Waals surface area contributed by atoms with Crippen LogP contribution in [0.5, 0.6) is 0 Å². The predicted octanol–water partition coefficient (Wildman–Crippen LogP) is 3.80. The SMILES string of the molecule is CC1(C(=O)N2CCC[C@@H](CCc3ccccc3F)C2)CC1. The number of benzene rings is 1. The Morgan fingerprint density at radius 2 is 2.14 bits per heavy atom. The third kappa shape index (κ3) is 3.28. The minimum atomic E-state index is -0.105. The van der Waals surface area contributed by atoms with Crippen LogP contribution >= 0.6 is 0 Å². The van der Waals surface area contributed by atoms with Crippen molar-refractivity contribution in [2.45, 2.75) is 45.4 Å². The fraction of sp³-hybridized carbons (Fsp3) is 0.611. The van der Waals surface area contributed by atoms with E-state index in [9.17, 15) is 9.18 Å². The van der Waals surface area contributed by atoms with Gasteiger partial charge in [-0.15, -0.1) is 0 Å². The van der Waals surface area contributed by atoms with Crippen LogP contribution in [0.25, 0.3) is 0 Å². The van der Waals surface area contributed by atoms with Gasteiger partial charge in [0.1, 0.15) is 5.82 Å². The molecule has 0 N–H and O–H groups in total. The van der Waals surface area contributed by atoms with Gasteiger partial charge in [0.05, 0.1) is 0 Å². The number of amides is 1. The van der Waals surface area contributed by atoms with Gasteiger partial charge in [-0.3, -0.25) is 4.79 Å². The number of rotatable bonds is 4. The molecule has 3 heteroatoms. The van der Waals surface area contributed by atoms with Gasteiger partial charge in [0.25, 0.3) is 0 Å². The fourth-order valence-corrected chi connectivity index (χ4v) is 3.33. The van der Waals surface area contributed by atoms with Crippen LogP contribution in [0.15, 0.2) is 24.3 Å². The molecule has 114 valence electrons. The highest BCUT2D eigenvalue weighted by Crippen LogP contribution is 2.47. The third-order valence-electron chi connectivity index (χ3n) is 5.10. The number of carbonyl (C=O) groups is 1. The van der Waals surface area contributed by atoms with E-state index in [1.165, 1.54) is 6.07 Å². The minimum absolute atomic E-state index is 0.0621. The Labute approximate surface area is 126 Å². The van der Waals surface area contributed by atoms with Crippen molar-refractivity contribution in [1.82, 2.24) is 4.90 Å². The number of likely N-dealkylation sites (tertiary alicyclic amines) is 1. The lowest BCUT2D eigenvalue weighted by atomic mass is 9.90. The van der Waals surface area contributed by atoms with Crippen LogP contribution in [0, 0.1) is 17.2 Å². The van der Waals surface area contributed by atoms with Crippen LogP contribution in [-0.2, 0) is 11.2 Å². The second-order valence-corrected chi connectivity index (χ2v) is 6.95. The number of hydrogen-bond acceptors (Lipinski definition) is 1. The Bertz CT molecular complexity index is 524. The summed E-state index contributed by atoms with van der Waals surface area (Å²) in [5.41, 5.74) is 0.739. The maximum absolute atomic E-state index is 13.6. The third-order valence-corrected chi connectivity index (χ3v) is 5.10. The number of hydrogen-bond donors (Lipinski definition) is 0. The molecule has 3 rings (SSSR count). The molecule has 0 unspecified atom stereocenters. The van der Waals surface area contributed by atoms with Gasteiger partial charge in [-0.2, -0.15) is 0 Å². The first-order chi connectivity index (χ1) is 10.1. The number of aryl methyl sites for hydroxylation is 1. The second-order valence-electron chi connectivity index (χ2n) is 6.95. The number of nitrogens with zero attached hydrogens (tertiary/aromatic N) is 1. The Hall–Kier alpha value is -1.38. The van der Waals surface area contributed by atoms with Gasteiger partial charge in [0.15, 0.2) is 0 Å². The van der Waals surface area contributed by atoms with E-state index in [-0.39, 0.29) is 11.2 Å². The van der Waals surface area contributed by atoms with E-state index in [0.29, 0.717) is 11.8 Å². The summed E-state index contributed by atoms with van der Waals surface area (Å²) in [6.07, 6.45) is 6.08. The van der Waals surface area contributed by atoms with Crippen molar-refractivity contribution in [2.75, 3.05) is 13.1 Å². The minimum Gasteiger partial charge on any atom is -0.342 e. The zero-order chi connectivity index (χ0) is 14.9. The average molecular weight is 289 g/mol. The van der Waals surface area contributed by atoms with Crippen LogP contribution in [0.4, 0.5) is 4.39 Å². The average Bonchev–Trinajstić information content (AvgIpc) is 3.25. The van der Waals surface area contributed by atoms with Crippen LogP contribution < -0.4 is 0 Å². The van der Waals surface area contributed by atoms with Crippen molar-refractivity contribution >= 4 is 5.91 Å². The second kappa shape index (κ2) is 5.78. The smallest absolute Gasteiger partial charge is 0.228 e. The largest absolute Gasteiger partial charge is 0.342 e. The van der Waals surface area contributed by atoms with Crippen molar-refractivity contribution in [1.29, 1.82) is 0 Å². The first-order valence-corrected chi connectivity index (χ1v) is 8.11. The maximum Gasteiger partial charge on any atom is 0.228 e. The van der Waals surface area contributed by atoms with Gasteiger partial charge in [-0.05, 0) is 56.1 Å². The highest BCUT2D eigenvalue weighted by atomic mass is 19.1. The van der Waals surface area contributed by atoms with Crippen LogP contribution in [0.1, 0.15) is 44.6 Å². The molecule has 0 radical (unpaired) electrons. The molecule has 1 atom stereocenters. The van der Waals surface area contributed by atoms with E-state index >= 15 is 0 Å². The molecule has 1 aliphatic heterocycles. The summed E-state index contributed by atoms with van der Waals surface area (Å²) in [7, 11) is 0. The molecule has 1 heterocycles. The van der Waals surface area contributed by atoms with E-state index in [0.717, 1.165) is 57.2 Å². The summed E-state index contributed by atoms with van der Waals surface area (Å²) >= 11 is 0. The molecule has 0 spiro atoms. The summed E-state index contributed by atoms with van der Waals surface area (Å²) in [6.45, 7) is 3.85. The quantitative estimate of drug-likeness (QED) is 0.825. The highest BCUT2D eigenvalue weighted by Gasteiger charge is 2.47. The van der Waals surface area contributed by atoms with Crippen molar-refractivity contribution in [3.8, 4) is 0 Å². The maximum atomic E-state index is 13.6. The van der Waals surface area contributed by atoms with Gasteiger partial charge in [-0.25, -0.2) is 4.39 Å². The van der Waals surface area contributed by atoms with Crippen molar-refractivity contribution in [2.24, 2.45) is 11.3 Å². The molecule has 1 aromatic rings. The molecule has 0 bridgehead atoms. The number of piperidine rings is 1. The molecule has 2 nitrogen and oxygen atoms in total. The first kappa shape index (κ1) is 14.6. The zero-order valence-corrected chi connectivity index (χ0v) is 12.8. The molecule has 1 amide bonds. The van der Waals surface area contributed by atoms with Gasteiger partial charge in [-0.1, -0.05) is 25.1 Å². The van der Waals surface area contributed by atoms with Gasteiger partial charge in [0, 0.05) is 18.5 Å². The lowest BCUT2D eigenvalue weighted by molar-refractivity contribution is -0.138. The molecule has 1 saturated heterocycles. The van der Waals surface area contributed by atoms with Crippen LogP contribution in [-0.4, -0.2) is 23.9 Å². The van der Waals surface area contributed by atoms with Gasteiger partial charge >= 0.3 is 0 Å². The summed E-state index contributed by atoms with van der Waals surface area (Å²) < 4.78 is 13.6. The predicted molar refractivity (Wildman–Crippen MR) is 81.4 cm³/mol. The summed E-state index contributed by atoms with van der Waals surface area (Å²) in [5, 5.41) is 0. The topological polar surface area (TPSA) is 20.3 Å². The molecular formula is C18H24FNO. The molecule has 21 heavy (non-hydrogen) atoms.